The molecule has 0 saturated carbocycles. The monoisotopic (exact) mass is 268 g/mol. The number of rotatable bonds is 2. The molecule has 5 nitrogen and oxygen atoms in total. The molecule has 1 aliphatic rings. The van der Waals surface area contributed by atoms with Crippen LogP contribution in [0.5, 0.6) is 0 Å². The molecule has 0 radical (unpaired) electrons. The lowest BCUT2D eigenvalue weighted by Crippen LogP contribution is -2.34. The van der Waals surface area contributed by atoms with Gasteiger partial charge in [0.2, 0.25) is 0 Å². The van der Waals surface area contributed by atoms with Gasteiger partial charge in [-0.25, -0.2) is 4.98 Å². The lowest BCUT2D eigenvalue weighted by molar-refractivity contribution is 0.459. The second kappa shape index (κ2) is 4.67. The Labute approximate surface area is 116 Å². The normalized spacial score (nSPS) is 19.6. The maximum atomic E-state index is 5.86. The Balaban J connectivity index is 1.61. The Morgan fingerprint density at radius 1 is 1.30 bits per heavy atom. The summed E-state index contributed by atoms with van der Waals surface area (Å²) < 4.78 is 5.86. The van der Waals surface area contributed by atoms with Crippen molar-refractivity contribution in [2.45, 2.75) is 18.8 Å². The number of H-pyrrole nitrogens is 1. The van der Waals surface area contributed by atoms with E-state index in [1.807, 2.05) is 36.7 Å². The zero-order valence-electron chi connectivity index (χ0n) is 11.1. The zero-order valence-corrected chi connectivity index (χ0v) is 11.1. The fourth-order valence-corrected chi connectivity index (χ4v) is 2.87. The number of anilines is 1. The number of aromatic amines is 1. The Bertz CT molecular complexity index is 671. The third-order valence-electron chi connectivity index (χ3n) is 3.88. The number of aromatic nitrogens is 3. The van der Waals surface area contributed by atoms with E-state index in [2.05, 4.69) is 19.9 Å². The van der Waals surface area contributed by atoms with Crippen LogP contribution < -0.4 is 4.90 Å². The van der Waals surface area contributed by atoms with Gasteiger partial charge in [0, 0.05) is 31.4 Å². The molecule has 0 bridgehead atoms. The molecule has 1 fully saturated rings. The standard InChI is InChI=1S/C15H16N4O/c1-2-6-13-12(5-1)18-15(20-13)19-9-3-4-11(10-19)14-16-7-8-17-14/h1-2,5-8,11H,3-4,9-10H2,(H,16,17)/t11-/m0/s1. The molecular weight excluding hydrogens is 252 g/mol. The van der Waals surface area contributed by atoms with E-state index in [-0.39, 0.29) is 0 Å². The summed E-state index contributed by atoms with van der Waals surface area (Å²) in [7, 11) is 0. The summed E-state index contributed by atoms with van der Waals surface area (Å²) in [5, 5.41) is 0. The van der Waals surface area contributed by atoms with Gasteiger partial charge in [0.15, 0.2) is 5.58 Å². The fraction of sp³-hybridized carbons (Fsp3) is 0.333. The van der Waals surface area contributed by atoms with E-state index in [1.165, 1.54) is 0 Å². The minimum Gasteiger partial charge on any atom is -0.423 e. The van der Waals surface area contributed by atoms with Crippen LogP contribution in [0.3, 0.4) is 0 Å². The molecule has 0 unspecified atom stereocenters. The number of nitrogens with zero attached hydrogens (tertiary/aromatic N) is 3. The predicted molar refractivity (Wildman–Crippen MR) is 76.8 cm³/mol. The van der Waals surface area contributed by atoms with Gasteiger partial charge in [0.1, 0.15) is 11.3 Å². The quantitative estimate of drug-likeness (QED) is 0.776. The summed E-state index contributed by atoms with van der Waals surface area (Å²) in [6, 6.07) is 8.62. The maximum Gasteiger partial charge on any atom is 0.298 e. The summed E-state index contributed by atoms with van der Waals surface area (Å²) in [4.78, 5) is 14.4. The van der Waals surface area contributed by atoms with Gasteiger partial charge in [-0.1, -0.05) is 12.1 Å². The SMILES string of the molecule is c1ccc2oc(N3CCC[C@H](c4ncc[nH]4)C3)nc2c1. The van der Waals surface area contributed by atoms with Gasteiger partial charge >= 0.3 is 0 Å². The van der Waals surface area contributed by atoms with Crippen molar-refractivity contribution < 1.29 is 4.42 Å². The highest BCUT2D eigenvalue weighted by Gasteiger charge is 2.25. The first kappa shape index (κ1) is 11.5. The number of imidazole rings is 1. The van der Waals surface area contributed by atoms with Crippen LogP contribution in [-0.4, -0.2) is 28.0 Å². The van der Waals surface area contributed by atoms with Gasteiger partial charge in [-0.2, -0.15) is 4.98 Å². The Kier molecular flexibility index (Phi) is 2.69. The van der Waals surface area contributed by atoms with Crippen molar-refractivity contribution in [3.05, 3.63) is 42.5 Å². The van der Waals surface area contributed by atoms with Gasteiger partial charge in [0.25, 0.3) is 6.01 Å². The number of oxazole rings is 1. The average Bonchev–Trinajstić information content (AvgIpc) is 3.16. The van der Waals surface area contributed by atoms with E-state index in [0.29, 0.717) is 5.92 Å². The average molecular weight is 268 g/mol. The molecule has 1 aliphatic heterocycles. The van der Waals surface area contributed by atoms with E-state index in [0.717, 1.165) is 48.9 Å². The molecular formula is C15H16N4O. The number of para-hydroxylation sites is 2. The molecule has 20 heavy (non-hydrogen) atoms. The summed E-state index contributed by atoms with van der Waals surface area (Å²) in [5.74, 6) is 1.49. The van der Waals surface area contributed by atoms with Crippen LogP contribution in [0.2, 0.25) is 0 Å². The molecule has 1 aromatic carbocycles. The molecule has 102 valence electrons. The number of hydrogen-bond donors (Lipinski definition) is 1. The molecule has 1 saturated heterocycles. The molecule has 3 heterocycles. The molecule has 2 aromatic heterocycles. The third kappa shape index (κ3) is 1.95. The lowest BCUT2D eigenvalue weighted by Gasteiger charge is -2.30. The van der Waals surface area contributed by atoms with Crippen molar-refractivity contribution in [3.8, 4) is 0 Å². The van der Waals surface area contributed by atoms with Gasteiger partial charge in [-0.05, 0) is 25.0 Å². The minimum absolute atomic E-state index is 0.425. The van der Waals surface area contributed by atoms with Crippen LogP contribution in [0.15, 0.2) is 41.1 Å². The highest BCUT2D eigenvalue weighted by Crippen LogP contribution is 2.29. The molecule has 4 rings (SSSR count). The van der Waals surface area contributed by atoms with Crippen LogP contribution in [0, 0.1) is 0 Å². The Morgan fingerprint density at radius 2 is 2.25 bits per heavy atom. The Morgan fingerprint density at radius 3 is 3.10 bits per heavy atom. The van der Waals surface area contributed by atoms with Crippen LogP contribution in [0.1, 0.15) is 24.6 Å². The molecule has 0 spiro atoms. The van der Waals surface area contributed by atoms with Crippen LogP contribution in [-0.2, 0) is 0 Å². The first-order valence-electron chi connectivity index (χ1n) is 7.00. The van der Waals surface area contributed by atoms with Crippen molar-refractivity contribution in [2.75, 3.05) is 18.0 Å². The largest absolute Gasteiger partial charge is 0.423 e. The highest BCUT2D eigenvalue weighted by molar-refractivity contribution is 5.74. The number of benzene rings is 1. The molecule has 0 amide bonds. The lowest BCUT2D eigenvalue weighted by atomic mass is 9.98. The fourth-order valence-electron chi connectivity index (χ4n) is 2.87. The summed E-state index contributed by atoms with van der Waals surface area (Å²) in [6.07, 6.45) is 5.98. The third-order valence-corrected chi connectivity index (χ3v) is 3.88. The second-order valence-corrected chi connectivity index (χ2v) is 5.22. The van der Waals surface area contributed by atoms with Crippen molar-refractivity contribution >= 4 is 17.1 Å². The molecule has 1 N–H and O–H groups in total. The maximum absolute atomic E-state index is 5.86. The number of nitrogens with one attached hydrogen (secondary N) is 1. The predicted octanol–water partition coefficient (Wildman–Crippen LogP) is 2.93. The topological polar surface area (TPSA) is 58.0 Å². The first-order chi connectivity index (χ1) is 9.90. The number of piperidine rings is 1. The van der Waals surface area contributed by atoms with Gasteiger partial charge in [-0.3, -0.25) is 0 Å². The van der Waals surface area contributed by atoms with Crippen molar-refractivity contribution in [2.24, 2.45) is 0 Å². The zero-order chi connectivity index (χ0) is 13.4. The van der Waals surface area contributed by atoms with E-state index < -0.39 is 0 Å². The number of hydrogen-bond acceptors (Lipinski definition) is 4. The van der Waals surface area contributed by atoms with Crippen LogP contribution in [0.4, 0.5) is 6.01 Å². The Hall–Kier alpha value is -2.30. The van der Waals surface area contributed by atoms with E-state index in [9.17, 15) is 0 Å². The first-order valence-corrected chi connectivity index (χ1v) is 7.00. The van der Waals surface area contributed by atoms with Crippen molar-refractivity contribution in [1.29, 1.82) is 0 Å². The summed E-state index contributed by atoms with van der Waals surface area (Å²) in [5.41, 5.74) is 1.77. The number of fused-ring (bicyclic) bond motifs is 1. The molecule has 3 aromatic rings. The minimum atomic E-state index is 0.425. The van der Waals surface area contributed by atoms with E-state index in [4.69, 9.17) is 4.42 Å². The second-order valence-electron chi connectivity index (χ2n) is 5.22. The molecule has 0 aliphatic carbocycles. The smallest absolute Gasteiger partial charge is 0.298 e. The van der Waals surface area contributed by atoms with Gasteiger partial charge in [-0.15, -0.1) is 0 Å². The highest BCUT2D eigenvalue weighted by atomic mass is 16.4. The van der Waals surface area contributed by atoms with Crippen LogP contribution in [0.25, 0.3) is 11.1 Å². The summed E-state index contributed by atoms with van der Waals surface area (Å²) in [6.45, 7) is 1.89. The van der Waals surface area contributed by atoms with E-state index in [1.54, 1.807) is 0 Å². The van der Waals surface area contributed by atoms with Crippen molar-refractivity contribution in [3.63, 3.8) is 0 Å². The van der Waals surface area contributed by atoms with Gasteiger partial charge in [0.05, 0.1) is 0 Å². The summed E-state index contributed by atoms with van der Waals surface area (Å²) >= 11 is 0. The molecule has 5 heteroatoms. The molecule has 1 atom stereocenters. The van der Waals surface area contributed by atoms with Crippen molar-refractivity contribution in [1.82, 2.24) is 15.0 Å². The van der Waals surface area contributed by atoms with Crippen LogP contribution >= 0.6 is 0 Å². The van der Waals surface area contributed by atoms with E-state index >= 15 is 0 Å². The van der Waals surface area contributed by atoms with Gasteiger partial charge < -0.3 is 14.3 Å².